The van der Waals surface area contributed by atoms with E-state index in [0.717, 1.165) is 38.5 Å². The van der Waals surface area contributed by atoms with Crippen LogP contribution in [0.1, 0.15) is 22.6 Å². The summed E-state index contributed by atoms with van der Waals surface area (Å²) in [5.41, 5.74) is 3.48. The van der Waals surface area contributed by atoms with Crippen LogP contribution in [-0.4, -0.2) is 16.0 Å². The average molecular weight is 428 g/mol. The number of carbonyl (C=O) groups is 1. The van der Waals surface area contributed by atoms with Gasteiger partial charge in [0, 0.05) is 5.02 Å². The van der Waals surface area contributed by atoms with Gasteiger partial charge in [-0.3, -0.25) is 4.79 Å². The second kappa shape index (κ2) is 8.23. The number of thiazole rings is 1. The van der Waals surface area contributed by atoms with Gasteiger partial charge in [0.15, 0.2) is 5.13 Å². The zero-order chi connectivity index (χ0) is 20.4. The number of ether oxygens (including phenoxy) is 1. The van der Waals surface area contributed by atoms with Crippen molar-refractivity contribution in [3.8, 4) is 5.75 Å². The fraction of sp³-hybridized carbons (Fsp3) is 0.190. The van der Waals surface area contributed by atoms with E-state index in [0.29, 0.717) is 16.8 Å². The highest BCUT2D eigenvalue weighted by molar-refractivity contribution is 7.22. The molecule has 0 aliphatic heterocycles. The Hall–Kier alpha value is -2.90. The number of hydrogen-bond acceptors (Lipinski definition) is 6. The van der Waals surface area contributed by atoms with Crippen LogP contribution in [0.4, 0.5) is 5.13 Å². The summed E-state index contributed by atoms with van der Waals surface area (Å²) >= 11 is 7.39. The van der Waals surface area contributed by atoms with E-state index in [9.17, 15) is 4.79 Å². The van der Waals surface area contributed by atoms with Crippen molar-refractivity contribution in [2.24, 2.45) is 0 Å². The SMILES string of the molecule is Cc1noc(C)c1COc1ccc(CC(=O)Nc2nc3ccc(Cl)cc3s2)cc1. The molecule has 0 aliphatic rings. The van der Waals surface area contributed by atoms with Gasteiger partial charge in [-0.15, -0.1) is 0 Å². The zero-order valence-electron chi connectivity index (χ0n) is 15.9. The lowest BCUT2D eigenvalue weighted by Gasteiger charge is -2.07. The first-order valence-corrected chi connectivity index (χ1v) is 10.2. The standard InChI is InChI=1S/C21H18ClN3O3S/c1-12-17(13(2)28-25-12)11-27-16-6-3-14(4-7-16)9-20(26)24-21-23-18-8-5-15(22)10-19(18)29-21/h3-8,10H,9,11H2,1-2H3,(H,23,24,26). The van der Waals surface area contributed by atoms with Gasteiger partial charge in [0.05, 0.1) is 27.9 Å². The molecule has 2 aromatic heterocycles. The molecule has 0 radical (unpaired) electrons. The van der Waals surface area contributed by atoms with E-state index in [-0.39, 0.29) is 12.3 Å². The van der Waals surface area contributed by atoms with E-state index in [1.807, 2.05) is 50.2 Å². The van der Waals surface area contributed by atoms with Crippen molar-refractivity contribution in [2.75, 3.05) is 5.32 Å². The summed E-state index contributed by atoms with van der Waals surface area (Å²) in [6.07, 6.45) is 0.251. The van der Waals surface area contributed by atoms with Crippen LogP contribution in [-0.2, 0) is 17.8 Å². The highest BCUT2D eigenvalue weighted by Gasteiger charge is 2.11. The van der Waals surface area contributed by atoms with E-state index in [1.54, 1.807) is 6.07 Å². The molecule has 1 amide bonds. The molecule has 1 N–H and O–H groups in total. The predicted octanol–water partition coefficient (Wildman–Crippen LogP) is 5.31. The Balaban J connectivity index is 1.34. The molecule has 0 saturated carbocycles. The molecule has 2 heterocycles. The number of anilines is 1. The predicted molar refractivity (Wildman–Crippen MR) is 114 cm³/mol. The summed E-state index contributed by atoms with van der Waals surface area (Å²) in [5.74, 6) is 1.35. The molecular weight excluding hydrogens is 410 g/mol. The highest BCUT2D eigenvalue weighted by atomic mass is 35.5. The molecule has 4 aromatic rings. The molecule has 0 unspecified atom stereocenters. The van der Waals surface area contributed by atoms with Crippen LogP contribution in [0.15, 0.2) is 47.0 Å². The van der Waals surface area contributed by atoms with Crippen LogP contribution < -0.4 is 10.1 Å². The third kappa shape index (κ3) is 4.58. The third-order valence-corrected chi connectivity index (χ3v) is 5.62. The lowest BCUT2D eigenvalue weighted by atomic mass is 10.1. The Bertz CT molecular complexity index is 1150. The maximum absolute atomic E-state index is 12.3. The third-order valence-electron chi connectivity index (χ3n) is 4.45. The van der Waals surface area contributed by atoms with Gasteiger partial charge in [0.2, 0.25) is 5.91 Å². The molecule has 29 heavy (non-hydrogen) atoms. The monoisotopic (exact) mass is 427 g/mol. The number of hydrogen-bond donors (Lipinski definition) is 1. The Morgan fingerprint density at radius 3 is 2.72 bits per heavy atom. The first kappa shape index (κ1) is 19.4. The minimum absolute atomic E-state index is 0.125. The molecule has 0 fully saturated rings. The number of halogens is 1. The Labute approximate surface area is 176 Å². The number of nitrogens with zero attached hydrogens (tertiary/aromatic N) is 2. The normalized spacial score (nSPS) is 11.0. The summed E-state index contributed by atoms with van der Waals surface area (Å²) in [6.45, 7) is 4.14. The number of nitrogens with one attached hydrogen (secondary N) is 1. The van der Waals surface area contributed by atoms with Crippen LogP contribution in [0.3, 0.4) is 0 Å². The summed E-state index contributed by atoms with van der Waals surface area (Å²) in [7, 11) is 0. The minimum atomic E-state index is -0.125. The van der Waals surface area contributed by atoms with Crippen LogP contribution in [0.5, 0.6) is 5.75 Å². The quantitative estimate of drug-likeness (QED) is 0.451. The fourth-order valence-corrected chi connectivity index (χ4v) is 4.03. The molecule has 0 atom stereocenters. The van der Waals surface area contributed by atoms with Gasteiger partial charge in [0.1, 0.15) is 18.1 Å². The maximum Gasteiger partial charge on any atom is 0.230 e. The van der Waals surface area contributed by atoms with Gasteiger partial charge in [-0.1, -0.05) is 40.2 Å². The van der Waals surface area contributed by atoms with E-state index in [1.165, 1.54) is 11.3 Å². The van der Waals surface area contributed by atoms with Gasteiger partial charge in [-0.05, 0) is 49.7 Å². The molecule has 148 valence electrons. The van der Waals surface area contributed by atoms with Crippen molar-refractivity contribution in [2.45, 2.75) is 26.9 Å². The highest BCUT2D eigenvalue weighted by Crippen LogP contribution is 2.28. The topological polar surface area (TPSA) is 77.2 Å². The number of aryl methyl sites for hydroxylation is 2. The second-order valence-electron chi connectivity index (χ2n) is 6.59. The number of rotatable bonds is 6. The van der Waals surface area contributed by atoms with Crippen LogP contribution in [0.2, 0.25) is 5.02 Å². The Morgan fingerprint density at radius 1 is 1.21 bits per heavy atom. The first-order valence-electron chi connectivity index (χ1n) is 8.97. The second-order valence-corrected chi connectivity index (χ2v) is 8.06. The molecule has 2 aromatic carbocycles. The van der Waals surface area contributed by atoms with E-state index in [2.05, 4.69) is 15.5 Å². The van der Waals surface area contributed by atoms with Gasteiger partial charge in [-0.2, -0.15) is 0 Å². The summed E-state index contributed by atoms with van der Waals surface area (Å²) < 4.78 is 11.9. The Kier molecular flexibility index (Phi) is 5.51. The molecule has 0 bridgehead atoms. The largest absolute Gasteiger partial charge is 0.489 e. The molecule has 4 rings (SSSR count). The number of aromatic nitrogens is 2. The summed E-state index contributed by atoms with van der Waals surface area (Å²) in [5, 5.41) is 7.97. The average Bonchev–Trinajstić information content (AvgIpc) is 3.23. The molecule has 0 spiro atoms. The minimum Gasteiger partial charge on any atom is -0.489 e. The number of benzene rings is 2. The van der Waals surface area contributed by atoms with Crippen LogP contribution >= 0.6 is 22.9 Å². The zero-order valence-corrected chi connectivity index (χ0v) is 17.4. The molecule has 0 aliphatic carbocycles. The van der Waals surface area contributed by atoms with Crippen molar-refractivity contribution in [3.63, 3.8) is 0 Å². The van der Waals surface area contributed by atoms with Crippen LogP contribution in [0, 0.1) is 13.8 Å². The van der Waals surface area contributed by atoms with E-state index in [4.69, 9.17) is 20.9 Å². The molecule has 6 nitrogen and oxygen atoms in total. The fourth-order valence-electron chi connectivity index (χ4n) is 2.87. The van der Waals surface area contributed by atoms with Gasteiger partial charge >= 0.3 is 0 Å². The molecule has 8 heteroatoms. The van der Waals surface area contributed by atoms with Crippen molar-refractivity contribution < 1.29 is 14.1 Å². The number of fused-ring (bicyclic) bond motifs is 1. The van der Waals surface area contributed by atoms with Gasteiger partial charge in [-0.25, -0.2) is 4.98 Å². The smallest absolute Gasteiger partial charge is 0.230 e. The number of amides is 1. The van der Waals surface area contributed by atoms with Gasteiger partial charge in [0.25, 0.3) is 0 Å². The van der Waals surface area contributed by atoms with Crippen molar-refractivity contribution in [1.29, 1.82) is 0 Å². The van der Waals surface area contributed by atoms with Crippen molar-refractivity contribution in [1.82, 2.24) is 10.1 Å². The van der Waals surface area contributed by atoms with Crippen LogP contribution in [0.25, 0.3) is 10.2 Å². The molecular formula is C21H18ClN3O3S. The van der Waals surface area contributed by atoms with Gasteiger partial charge < -0.3 is 14.6 Å². The molecule has 0 saturated heterocycles. The lowest BCUT2D eigenvalue weighted by Crippen LogP contribution is -2.14. The summed E-state index contributed by atoms with van der Waals surface area (Å²) in [6, 6.07) is 12.9. The Morgan fingerprint density at radius 2 is 2.00 bits per heavy atom. The lowest BCUT2D eigenvalue weighted by molar-refractivity contribution is -0.115. The first-order chi connectivity index (χ1) is 14.0. The maximum atomic E-state index is 12.3. The van der Waals surface area contributed by atoms with E-state index >= 15 is 0 Å². The van der Waals surface area contributed by atoms with E-state index < -0.39 is 0 Å². The summed E-state index contributed by atoms with van der Waals surface area (Å²) in [4.78, 5) is 16.8. The van der Waals surface area contributed by atoms with Crippen molar-refractivity contribution in [3.05, 3.63) is 70.1 Å². The van der Waals surface area contributed by atoms with Crippen molar-refractivity contribution >= 4 is 44.2 Å². The number of carbonyl (C=O) groups excluding carboxylic acids is 1.